The largest absolute Gasteiger partial charge is 0.378 e. The smallest absolute Gasteiger partial charge is 0.222 e. The average molecular weight is 280 g/mol. The van der Waals surface area contributed by atoms with Gasteiger partial charge in [-0.05, 0) is 43.9 Å². The maximum absolute atomic E-state index is 12.5. The van der Waals surface area contributed by atoms with E-state index in [-0.39, 0.29) is 0 Å². The SMILES string of the molecule is CCC1C2CNCC2CN1C(=O)CCC1CCCCO1. The molecule has 3 aliphatic rings. The van der Waals surface area contributed by atoms with Crippen molar-refractivity contribution in [2.75, 3.05) is 26.2 Å². The summed E-state index contributed by atoms with van der Waals surface area (Å²) in [6.45, 7) is 6.27. The van der Waals surface area contributed by atoms with Gasteiger partial charge in [-0.25, -0.2) is 0 Å². The highest BCUT2D eigenvalue weighted by molar-refractivity contribution is 5.77. The first kappa shape index (κ1) is 14.3. The topological polar surface area (TPSA) is 41.6 Å². The van der Waals surface area contributed by atoms with Crippen LogP contribution in [0.5, 0.6) is 0 Å². The van der Waals surface area contributed by atoms with E-state index in [4.69, 9.17) is 4.74 Å². The lowest BCUT2D eigenvalue weighted by Crippen LogP contribution is -2.40. The number of nitrogens with one attached hydrogen (secondary N) is 1. The molecule has 1 amide bonds. The number of amides is 1. The Kier molecular flexibility index (Phi) is 4.61. The predicted octanol–water partition coefficient (Wildman–Crippen LogP) is 1.79. The quantitative estimate of drug-likeness (QED) is 0.853. The molecule has 4 heteroatoms. The van der Waals surface area contributed by atoms with Crippen LogP contribution in [-0.4, -0.2) is 49.2 Å². The molecule has 20 heavy (non-hydrogen) atoms. The molecule has 3 fully saturated rings. The van der Waals surface area contributed by atoms with Crippen molar-refractivity contribution >= 4 is 5.91 Å². The Bertz CT molecular complexity index is 341. The molecular weight excluding hydrogens is 252 g/mol. The van der Waals surface area contributed by atoms with Gasteiger partial charge in [0.05, 0.1) is 6.10 Å². The fraction of sp³-hybridized carbons (Fsp3) is 0.938. The van der Waals surface area contributed by atoms with E-state index in [0.717, 1.165) is 45.5 Å². The first-order chi connectivity index (χ1) is 9.79. The highest BCUT2D eigenvalue weighted by Crippen LogP contribution is 2.34. The molecule has 4 nitrogen and oxygen atoms in total. The van der Waals surface area contributed by atoms with Gasteiger partial charge in [-0.15, -0.1) is 0 Å². The lowest BCUT2D eigenvalue weighted by atomic mass is 9.93. The molecule has 3 rings (SSSR count). The van der Waals surface area contributed by atoms with Gasteiger partial charge in [0.25, 0.3) is 0 Å². The summed E-state index contributed by atoms with van der Waals surface area (Å²) >= 11 is 0. The lowest BCUT2D eigenvalue weighted by Gasteiger charge is -2.28. The summed E-state index contributed by atoms with van der Waals surface area (Å²) in [7, 11) is 0. The summed E-state index contributed by atoms with van der Waals surface area (Å²) in [5.41, 5.74) is 0. The van der Waals surface area contributed by atoms with Crippen LogP contribution in [0, 0.1) is 11.8 Å². The third-order valence-corrected chi connectivity index (χ3v) is 5.41. The Labute approximate surface area is 122 Å². The minimum atomic E-state index is 0.330. The zero-order valence-corrected chi connectivity index (χ0v) is 12.6. The minimum absolute atomic E-state index is 0.330. The summed E-state index contributed by atoms with van der Waals surface area (Å²) in [4.78, 5) is 14.7. The van der Waals surface area contributed by atoms with Crippen molar-refractivity contribution in [3.63, 3.8) is 0 Å². The van der Waals surface area contributed by atoms with Crippen molar-refractivity contribution < 1.29 is 9.53 Å². The number of hydrogen-bond acceptors (Lipinski definition) is 3. The zero-order chi connectivity index (χ0) is 13.9. The van der Waals surface area contributed by atoms with E-state index in [1.165, 1.54) is 12.8 Å². The van der Waals surface area contributed by atoms with Crippen LogP contribution in [0.1, 0.15) is 45.4 Å². The average Bonchev–Trinajstić information content (AvgIpc) is 3.06. The summed E-state index contributed by atoms with van der Waals surface area (Å²) in [5, 5.41) is 3.47. The van der Waals surface area contributed by atoms with Gasteiger partial charge >= 0.3 is 0 Å². The molecule has 0 bridgehead atoms. The van der Waals surface area contributed by atoms with Crippen LogP contribution < -0.4 is 5.32 Å². The molecule has 0 spiro atoms. The van der Waals surface area contributed by atoms with Crippen LogP contribution in [0.2, 0.25) is 0 Å². The highest BCUT2D eigenvalue weighted by Gasteiger charge is 2.44. The van der Waals surface area contributed by atoms with Crippen LogP contribution in [0.3, 0.4) is 0 Å². The molecule has 3 heterocycles. The number of nitrogens with zero attached hydrogens (tertiary/aromatic N) is 1. The Morgan fingerprint density at radius 2 is 2.25 bits per heavy atom. The molecular formula is C16H28N2O2. The molecule has 114 valence electrons. The summed E-state index contributed by atoms with van der Waals surface area (Å²) in [6.07, 6.45) is 6.60. The number of hydrogen-bond donors (Lipinski definition) is 1. The van der Waals surface area contributed by atoms with E-state index in [9.17, 15) is 4.79 Å². The summed E-state index contributed by atoms with van der Waals surface area (Å²) in [5.74, 6) is 1.74. The molecule has 0 saturated carbocycles. The molecule has 0 aromatic heterocycles. The van der Waals surface area contributed by atoms with Gasteiger partial charge in [-0.1, -0.05) is 6.92 Å². The third-order valence-electron chi connectivity index (χ3n) is 5.41. The van der Waals surface area contributed by atoms with Crippen LogP contribution in [-0.2, 0) is 9.53 Å². The van der Waals surface area contributed by atoms with Crippen molar-refractivity contribution in [1.82, 2.24) is 10.2 Å². The number of carbonyl (C=O) groups is 1. The van der Waals surface area contributed by atoms with Gasteiger partial charge in [-0.2, -0.15) is 0 Å². The van der Waals surface area contributed by atoms with Crippen LogP contribution >= 0.6 is 0 Å². The van der Waals surface area contributed by atoms with Crippen molar-refractivity contribution in [1.29, 1.82) is 0 Å². The molecule has 0 radical (unpaired) electrons. The van der Waals surface area contributed by atoms with Crippen molar-refractivity contribution in [3.05, 3.63) is 0 Å². The van der Waals surface area contributed by atoms with Gasteiger partial charge in [0.1, 0.15) is 0 Å². The Morgan fingerprint density at radius 3 is 3.00 bits per heavy atom. The maximum atomic E-state index is 12.5. The summed E-state index contributed by atoms with van der Waals surface area (Å²) in [6, 6.07) is 0.467. The number of ether oxygens (including phenoxy) is 1. The zero-order valence-electron chi connectivity index (χ0n) is 12.6. The van der Waals surface area contributed by atoms with Crippen molar-refractivity contribution in [3.8, 4) is 0 Å². The van der Waals surface area contributed by atoms with Crippen molar-refractivity contribution in [2.45, 2.75) is 57.6 Å². The molecule has 4 unspecified atom stereocenters. The molecule has 1 N–H and O–H groups in total. The molecule has 3 aliphatic heterocycles. The van der Waals surface area contributed by atoms with Gasteiger partial charge in [0, 0.05) is 38.7 Å². The maximum Gasteiger partial charge on any atom is 0.222 e. The van der Waals surface area contributed by atoms with Gasteiger partial charge in [0.2, 0.25) is 5.91 Å². The monoisotopic (exact) mass is 280 g/mol. The van der Waals surface area contributed by atoms with Crippen LogP contribution in [0.25, 0.3) is 0 Å². The number of fused-ring (bicyclic) bond motifs is 1. The Morgan fingerprint density at radius 1 is 1.35 bits per heavy atom. The second-order valence-corrected chi connectivity index (χ2v) is 6.63. The molecule has 3 saturated heterocycles. The fourth-order valence-electron chi connectivity index (χ4n) is 4.30. The fourth-order valence-corrected chi connectivity index (χ4v) is 4.30. The van der Waals surface area contributed by atoms with E-state index < -0.39 is 0 Å². The number of carbonyl (C=O) groups excluding carboxylic acids is 1. The number of rotatable bonds is 4. The first-order valence-electron chi connectivity index (χ1n) is 8.41. The second kappa shape index (κ2) is 6.44. The third kappa shape index (κ3) is 2.86. The van der Waals surface area contributed by atoms with Crippen LogP contribution in [0.15, 0.2) is 0 Å². The van der Waals surface area contributed by atoms with E-state index >= 15 is 0 Å². The molecule has 0 aliphatic carbocycles. The van der Waals surface area contributed by atoms with Gasteiger partial charge in [-0.3, -0.25) is 4.79 Å². The second-order valence-electron chi connectivity index (χ2n) is 6.63. The lowest BCUT2D eigenvalue weighted by molar-refractivity contribution is -0.133. The van der Waals surface area contributed by atoms with Gasteiger partial charge in [0.15, 0.2) is 0 Å². The van der Waals surface area contributed by atoms with E-state index in [1.54, 1.807) is 0 Å². The van der Waals surface area contributed by atoms with Crippen LogP contribution in [0.4, 0.5) is 0 Å². The molecule has 0 aromatic carbocycles. The predicted molar refractivity (Wildman–Crippen MR) is 78.5 cm³/mol. The first-order valence-corrected chi connectivity index (χ1v) is 8.41. The number of likely N-dealkylation sites (tertiary alicyclic amines) is 1. The Hall–Kier alpha value is -0.610. The normalized spacial score (nSPS) is 37.1. The standard InChI is InChI=1S/C16H28N2O2/c1-2-15-14-10-17-9-12(14)11-18(15)16(19)7-6-13-5-3-4-8-20-13/h12-15,17H,2-11H2,1H3. The minimum Gasteiger partial charge on any atom is -0.378 e. The van der Waals surface area contributed by atoms with E-state index in [2.05, 4.69) is 17.1 Å². The molecule has 0 aromatic rings. The van der Waals surface area contributed by atoms with E-state index in [1.807, 2.05) is 0 Å². The van der Waals surface area contributed by atoms with Gasteiger partial charge < -0.3 is 15.0 Å². The summed E-state index contributed by atoms with van der Waals surface area (Å²) < 4.78 is 5.74. The highest BCUT2D eigenvalue weighted by atomic mass is 16.5. The van der Waals surface area contributed by atoms with Crippen molar-refractivity contribution in [2.24, 2.45) is 11.8 Å². The molecule has 4 atom stereocenters. The Balaban J connectivity index is 1.51. The van der Waals surface area contributed by atoms with E-state index in [0.29, 0.717) is 36.3 Å².